The van der Waals surface area contributed by atoms with E-state index >= 15 is 0 Å². The topological polar surface area (TPSA) is 96.0 Å². The Hall–Kier alpha value is -3.85. The number of nitrogens with one attached hydrogen (secondary N) is 1. The molecule has 0 aromatic heterocycles. The summed E-state index contributed by atoms with van der Waals surface area (Å²) in [6, 6.07) is 22.8. The van der Waals surface area contributed by atoms with Gasteiger partial charge in [-0.1, -0.05) is 66.2 Å². The van der Waals surface area contributed by atoms with Gasteiger partial charge in [-0.15, -0.1) is 0 Å². The maximum atomic E-state index is 14.0. The van der Waals surface area contributed by atoms with Crippen LogP contribution in [0.15, 0.2) is 78.9 Å². The summed E-state index contributed by atoms with van der Waals surface area (Å²) in [6.07, 6.45) is 1.33. The lowest BCUT2D eigenvalue weighted by molar-refractivity contribution is -0.140. The second-order valence-electron chi connectivity index (χ2n) is 9.08. The fourth-order valence-corrected chi connectivity index (χ4v) is 5.07. The Morgan fingerprint density at radius 2 is 1.63 bits per heavy atom. The molecule has 0 bridgehead atoms. The molecule has 0 aliphatic rings. The number of ether oxygens (including phenoxy) is 1. The van der Waals surface area contributed by atoms with Crippen LogP contribution in [0.1, 0.15) is 23.6 Å². The second-order valence-corrected chi connectivity index (χ2v) is 11.0. The Bertz CT molecular complexity index is 1350. The van der Waals surface area contributed by atoms with Gasteiger partial charge < -0.3 is 15.0 Å². The van der Waals surface area contributed by atoms with Gasteiger partial charge in [-0.2, -0.15) is 0 Å². The van der Waals surface area contributed by atoms with Gasteiger partial charge in [0.25, 0.3) is 0 Å². The van der Waals surface area contributed by atoms with Crippen LogP contribution in [0, 0.1) is 6.92 Å². The first-order valence-electron chi connectivity index (χ1n) is 12.4. The van der Waals surface area contributed by atoms with E-state index in [1.54, 1.807) is 24.3 Å². The molecule has 0 saturated carbocycles. The summed E-state index contributed by atoms with van der Waals surface area (Å²) < 4.78 is 31.9. The second kappa shape index (κ2) is 13.1. The molecule has 0 aliphatic carbocycles. The third-order valence-corrected chi connectivity index (χ3v) is 7.22. The fourth-order valence-electron chi connectivity index (χ4n) is 4.23. The molecule has 1 N–H and O–H groups in total. The zero-order valence-corrected chi connectivity index (χ0v) is 23.1. The average Bonchev–Trinajstić information content (AvgIpc) is 2.89. The van der Waals surface area contributed by atoms with Crippen molar-refractivity contribution in [3.8, 4) is 5.75 Å². The lowest BCUT2D eigenvalue weighted by Gasteiger charge is -2.33. The van der Waals surface area contributed by atoms with Crippen molar-refractivity contribution in [2.24, 2.45) is 0 Å². The lowest BCUT2D eigenvalue weighted by atomic mass is 10.0. The van der Waals surface area contributed by atoms with Gasteiger partial charge in [-0.05, 0) is 37.1 Å². The number of hydrogen-bond acceptors (Lipinski definition) is 5. The Kier molecular flexibility index (Phi) is 9.90. The average molecular weight is 538 g/mol. The molecule has 3 aromatic rings. The summed E-state index contributed by atoms with van der Waals surface area (Å²) in [7, 11) is -2.35. The smallest absolute Gasteiger partial charge is 0.244 e. The highest BCUT2D eigenvalue weighted by atomic mass is 32.2. The maximum Gasteiger partial charge on any atom is 0.244 e. The van der Waals surface area contributed by atoms with Crippen molar-refractivity contribution < 1.29 is 22.7 Å². The van der Waals surface area contributed by atoms with Gasteiger partial charge in [0.05, 0.1) is 19.1 Å². The van der Waals surface area contributed by atoms with E-state index in [0.29, 0.717) is 18.0 Å². The van der Waals surface area contributed by atoms with Crippen molar-refractivity contribution in [2.45, 2.75) is 32.9 Å². The van der Waals surface area contributed by atoms with Crippen LogP contribution in [-0.4, -0.2) is 57.6 Å². The highest BCUT2D eigenvalue weighted by Crippen LogP contribution is 2.24. The molecule has 38 heavy (non-hydrogen) atoms. The van der Waals surface area contributed by atoms with Crippen LogP contribution in [0.3, 0.4) is 0 Å². The Balaban J connectivity index is 2.04. The first kappa shape index (κ1) is 28.7. The number of carbonyl (C=O) groups excluding carboxylic acids is 2. The van der Waals surface area contributed by atoms with Crippen LogP contribution in [-0.2, 0) is 32.6 Å². The molecule has 3 aromatic carbocycles. The number of likely N-dealkylation sites (N-methyl/N-ethyl adjacent to an activating group) is 1. The SMILES string of the molecule is CCNC(=O)[C@H](Cc1ccccc1)N(Cc1cccc(C)c1)C(=O)CN(c1cccc(OC)c1)S(C)(=O)=O. The Labute approximate surface area is 225 Å². The van der Waals surface area contributed by atoms with Gasteiger partial charge in [0, 0.05) is 25.6 Å². The number of carbonyl (C=O) groups is 2. The zero-order valence-electron chi connectivity index (χ0n) is 22.3. The van der Waals surface area contributed by atoms with E-state index in [-0.39, 0.29) is 18.9 Å². The molecule has 0 unspecified atom stereocenters. The van der Waals surface area contributed by atoms with Crippen LogP contribution < -0.4 is 14.4 Å². The quantitative estimate of drug-likeness (QED) is 0.381. The third kappa shape index (κ3) is 7.82. The van der Waals surface area contributed by atoms with Gasteiger partial charge in [-0.25, -0.2) is 8.42 Å². The predicted molar refractivity (Wildman–Crippen MR) is 150 cm³/mol. The molecule has 0 radical (unpaired) electrons. The summed E-state index contributed by atoms with van der Waals surface area (Å²) >= 11 is 0. The summed E-state index contributed by atoms with van der Waals surface area (Å²) in [5.74, 6) is -0.332. The number of hydrogen-bond donors (Lipinski definition) is 1. The van der Waals surface area contributed by atoms with E-state index in [9.17, 15) is 18.0 Å². The lowest BCUT2D eigenvalue weighted by Crippen LogP contribution is -2.53. The molecular formula is C29H35N3O5S. The van der Waals surface area contributed by atoms with Crippen molar-refractivity contribution in [1.29, 1.82) is 0 Å². The van der Waals surface area contributed by atoms with Crippen LogP contribution in [0.25, 0.3) is 0 Å². The molecule has 0 heterocycles. The molecule has 3 rings (SSSR count). The van der Waals surface area contributed by atoms with E-state index in [0.717, 1.165) is 27.3 Å². The van der Waals surface area contributed by atoms with Crippen LogP contribution in [0.2, 0.25) is 0 Å². The van der Waals surface area contributed by atoms with Crippen molar-refractivity contribution in [2.75, 3.05) is 30.8 Å². The van der Waals surface area contributed by atoms with E-state index in [1.807, 2.05) is 68.4 Å². The Morgan fingerprint density at radius 1 is 0.947 bits per heavy atom. The minimum absolute atomic E-state index is 0.144. The predicted octanol–water partition coefficient (Wildman–Crippen LogP) is 3.55. The minimum Gasteiger partial charge on any atom is -0.497 e. The van der Waals surface area contributed by atoms with Gasteiger partial charge in [0.15, 0.2) is 0 Å². The normalized spacial score (nSPS) is 11.9. The molecule has 0 spiro atoms. The largest absolute Gasteiger partial charge is 0.497 e. The number of anilines is 1. The van der Waals surface area contributed by atoms with E-state index in [1.165, 1.54) is 12.0 Å². The number of sulfonamides is 1. The van der Waals surface area contributed by atoms with Crippen molar-refractivity contribution in [3.63, 3.8) is 0 Å². The highest BCUT2D eigenvalue weighted by molar-refractivity contribution is 7.92. The number of rotatable bonds is 12. The Morgan fingerprint density at radius 3 is 2.26 bits per heavy atom. The molecule has 0 aliphatic heterocycles. The molecule has 0 fully saturated rings. The van der Waals surface area contributed by atoms with E-state index in [2.05, 4.69) is 5.32 Å². The van der Waals surface area contributed by atoms with Crippen LogP contribution in [0.5, 0.6) is 5.75 Å². The minimum atomic E-state index is -3.84. The summed E-state index contributed by atoms with van der Waals surface area (Å²) in [6.45, 7) is 3.84. The van der Waals surface area contributed by atoms with E-state index < -0.39 is 28.5 Å². The first-order chi connectivity index (χ1) is 18.1. The van der Waals surface area contributed by atoms with Crippen molar-refractivity contribution in [1.82, 2.24) is 10.2 Å². The van der Waals surface area contributed by atoms with Crippen LogP contribution >= 0.6 is 0 Å². The molecule has 8 nitrogen and oxygen atoms in total. The van der Waals surface area contributed by atoms with Gasteiger partial charge >= 0.3 is 0 Å². The molecule has 9 heteroatoms. The summed E-state index contributed by atoms with van der Waals surface area (Å²) in [5.41, 5.74) is 3.04. The summed E-state index contributed by atoms with van der Waals surface area (Å²) in [4.78, 5) is 28.8. The number of benzene rings is 3. The molecular weight excluding hydrogens is 502 g/mol. The molecule has 1 atom stereocenters. The molecule has 0 saturated heterocycles. The first-order valence-corrected chi connectivity index (χ1v) is 14.3. The standard InChI is InChI=1S/C29H35N3O5S/c1-5-30-29(34)27(18-23-12-7-6-8-13-23)31(20-24-14-9-11-22(2)17-24)28(33)21-32(38(4,35)36)25-15-10-16-26(19-25)37-3/h6-17,19,27H,5,18,20-21H2,1-4H3,(H,30,34)/t27-/m0/s1. The number of methoxy groups -OCH3 is 1. The fraction of sp³-hybridized carbons (Fsp3) is 0.310. The maximum absolute atomic E-state index is 14.0. The zero-order chi connectivity index (χ0) is 27.7. The van der Waals surface area contributed by atoms with Gasteiger partial charge in [0.1, 0.15) is 18.3 Å². The molecule has 2 amide bonds. The van der Waals surface area contributed by atoms with Crippen molar-refractivity contribution in [3.05, 3.63) is 95.6 Å². The third-order valence-electron chi connectivity index (χ3n) is 6.08. The van der Waals surface area contributed by atoms with Gasteiger partial charge in [-0.3, -0.25) is 13.9 Å². The van der Waals surface area contributed by atoms with Gasteiger partial charge in [0.2, 0.25) is 21.8 Å². The van der Waals surface area contributed by atoms with Crippen molar-refractivity contribution >= 4 is 27.5 Å². The molecule has 202 valence electrons. The highest BCUT2D eigenvalue weighted by Gasteiger charge is 2.33. The number of amides is 2. The van der Waals surface area contributed by atoms with Crippen LogP contribution in [0.4, 0.5) is 5.69 Å². The van der Waals surface area contributed by atoms with E-state index in [4.69, 9.17) is 4.74 Å². The number of nitrogens with zero attached hydrogens (tertiary/aromatic N) is 2. The monoisotopic (exact) mass is 537 g/mol. The summed E-state index contributed by atoms with van der Waals surface area (Å²) in [5, 5.41) is 2.85. The number of aryl methyl sites for hydroxylation is 1.